The molecule has 0 aliphatic heterocycles. The van der Waals surface area contributed by atoms with Gasteiger partial charge in [0.1, 0.15) is 0 Å². The van der Waals surface area contributed by atoms with Gasteiger partial charge in [-0.15, -0.1) is 11.3 Å². The molecule has 124 valence electrons. The molecule has 0 bridgehead atoms. The molecular formula is C19H20N2O2S. The van der Waals surface area contributed by atoms with Gasteiger partial charge in [0.25, 0.3) is 0 Å². The van der Waals surface area contributed by atoms with E-state index in [1.54, 1.807) is 11.3 Å². The molecule has 4 rings (SSSR count). The van der Waals surface area contributed by atoms with Gasteiger partial charge in [-0.25, -0.2) is 0 Å². The van der Waals surface area contributed by atoms with Crippen molar-refractivity contribution < 1.29 is 9.59 Å². The summed E-state index contributed by atoms with van der Waals surface area (Å²) in [6, 6.07) is 12.0. The van der Waals surface area contributed by atoms with E-state index in [2.05, 4.69) is 10.6 Å². The van der Waals surface area contributed by atoms with Crippen LogP contribution in [0.25, 0.3) is 0 Å². The minimum atomic E-state index is -0.322. The van der Waals surface area contributed by atoms with Crippen LogP contribution in [-0.2, 0) is 21.4 Å². The summed E-state index contributed by atoms with van der Waals surface area (Å²) in [5.41, 5.74) is 1.43. The van der Waals surface area contributed by atoms with Gasteiger partial charge in [-0.3, -0.25) is 9.59 Å². The monoisotopic (exact) mass is 340 g/mol. The molecule has 1 heterocycles. The fourth-order valence-electron chi connectivity index (χ4n) is 2.91. The number of hydrogen-bond donors (Lipinski definition) is 2. The molecule has 2 saturated carbocycles. The van der Waals surface area contributed by atoms with Crippen molar-refractivity contribution in [2.75, 3.05) is 5.32 Å². The molecule has 2 N–H and O–H groups in total. The number of anilines is 1. The van der Waals surface area contributed by atoms with Crippen LogP contribution in [0.15, 0.2) is 41.8 Å². The van der Waals surface area contributed by atoms with Crippen molar-refractivity contribution in [2.45, 2.75) is 43.6 Å². The molecule has 4 nitrogen and oxygen atoms in total. The van der Waals surface area contributed by atoms with E-state index in [4.69, 9.17) is 0 Å². The molecule has 2 aliphatic carbocycles. The Balaban J connectivity index is 1.37. The molecule has 2 amide bonds. The highest BCUT2D eigenvalue weighted by atomic mass is 32.1. The standard InChI is InChI=1S/C19H20N2O2S/c22-17(20-14-7-8-14)12-13-3-5-15(6-4-13)21-18(23)19(9-10-19)16-2-1-11-24-16/h1-6,11,14H,7-10,12H2,(H,20,22)(H,21,23). The lowest BCUT2D eigenvalue weighted by Gasteiger charge is -2.14. The van der Waals surface area contributed by atoms with Crippen LogP contribution in [0.4, 0.5) is 5.69 Å². The second-order valence-corrected chi connectivity index (χ2v) is 7.68. The van der Waals surface area contributed by atoms with Gasteiger partial charge in [0.2, 0.25) is 11.8 Å². The number of carbonyl (C=O) groups is 2. The van der Waals surface area contributed by atoms with Crippen molar-refractivity contribution in [3.63, 3.8) is 0 Å². The molecule has 5 heteroatoms. The number of thiophene rings is 1. The van der Waals surface area contributed by atoms with Gasteiger partial charge >= 0.3 is 0 Å². The minimum absolute atomic E-state index is 0.0731. The molecule has 1 aromatic heterocycles. The maximum Gasteiger partial charge on any atom is 0.235 e. The average molecular weight is 340 g/mol. The number of amides is 2. The number of hydrogen-bond acceptors (Lipinski definition) is 3. The molecule has 0 atom stereocenters. The third-order valence-electron chi connectivity index (χ3n) is 4.70. The van der Waals surface area contributed by atoms with E-state index in [9.17, 15) is 9.59 Å². The first kappa shape index (κ1) is 15.4. The highest BCUT2D eigenvalue weighted by Crippen LogP contribution is 2.50. The molecule has 2 fully saturated rings. The molecule has 0 saturated heterocycles. The summed E-state index contributed by atoms with van der Waals surface area (Å²) in [5.74, 6) is 0.146. The van der Waals surface area contributed by atoms with Gasteiger partial charge in [0.15, 0.2) is 0 Å². The molecule has 1 aromatic carbocycles. The summed E-state index contributed by atoms with van der Waals surface area (Å²) >= 11 is 1.65. The third-order valence-corrected chi connectivity index (χ3v) is 5.77. The van der Waals surface area contributed by atoms with Crippen LogP contribution < -0.4 is 10.6 Å². The van der Waals surface area contributed by atoms with E-state index in [1.165, 1.54) is 0 Å². The predicted molar refractivity (Wildman–Crippen MR) is 95.2 cm³/mol. The van der Waals surface area contributed by atoms with Crippen molar-refractivity contribution in [3.05, 3.63) is 52.2 Å². The molecule has 0 radical (unpaired) electrons. The van der Waals surface area contributed by atoms with Crippen molar-refractivity contribution in [1.82, 2.24) is 5.32 Å². The average Bonchev–Trinajstić information content (AvgIpc) is 3.50. The summed E-state index contributed by atoms with van der Waals surface area (Å²) in [6.45, 7) is 0. The van der Waals surface area contributed by atoms with Crippen molar-refractivity contribution in [3.8, 4) is 0 Å². The quantitative estimate of drug-likeness (QED) is 0.848. The smallest absolute Gasteiger partial charge is 0.235 e. The van der Waals surface area contributed by atoms with E-state index >= 15 is 0 Å². The zero-order valence-corrected chi connectivity index (χ0v) is 14.2. The van der Waals surface area contributed by atoms with Crippen LogP contribution in [0.3, 0.4) is 0 Å². The summed E-state index contributed by atoms with van der Waals surface area (Å²) in [6.07, 6.45) is 4.42. The predicted octanol–water partition coefficient (Wildman–Crippen LogP) is 3.24. The lowest BCUT2D eigenvalue weighted by Crippen LogP contribution is -2.27. The Morgan fingerprint density at radius 2 is 1.88 bits per heavy atom. The fourth-order valence-corrected chi connectivity index (χ4v) is 3.89. The Morgan fingerprint density at radius 1 is 1.12 bits per heavy atom. The van der Waals surface area contributed by atoms with Crippen LogP contribution in [0.2, 0.25) is 0 Å². The number of rotatable bonds is 6. The molecule has 2 aromatic rings. The van der Waals surface area contributed by atoms with E-state index in [1.807, 2.05) is 41.8 Å². The fraction of sp³-hybridized carbons (Fsp3) is 0.368. The Bertz CT molecular complexity index is 744. The highest BCUT2D eigenvalue weighted by Gasteiger charge is 2.52. The Hall–Kier alpha value is -2.14. The van der Waals surface area contributed by atoms with Crippen LogP contribution in [0.1, 0.15) is 36.1 Å². The topological polar surface area (TPSA) is 58.2 Å². The zero-order chi connectivity index (χ0) is 16.6. The van der Waals surface area contributed by atoms with Crippen molar-refractivity contribution in [2.24, 2.45) is 0 Å². The number of nitrogens with one attached hydrogen (secondary N) is 2. The van der Waals surface area contributed by atoms with Crippen LogP contribution >= 0.6 is 11.3 Å². The largest absolute Gasteiger partial charge is 0.353 e. The molecular weight excluding hydrogens is 320 g/mol. The zero-order valence-electron chi connectivity index (χ0n) is 13.4. The first-order valence-corrected chi connectivity index (χ1v) is 9.27. The second-order valence-electron chi connectivity index (χ2n) is 6.73. The molecule has 24 heavy (non-hydrogen) atoms. The van der Waals surface area contributed by atoms with Gasteiger partial charge < -0.3 is 10.6 Å². The normalized spacial score (nSPS) is 18.0. The summed E-state index contributed by atoms with van der Waals surface area (Å²) < 4.78 is 0. The van der Waals surface area contributed by atoms with Crippen molar-refractivity contribution >= 4 is 28.8 Å². The van der Waals surface area contributed by atoms with E-state index in [0.717, 1.165) is 41.8 Å². The Labute approximate surface area is 145 Å². The van der Waals surface area contributed by atoms with Crippen LogP contribution in [-0.4, -0.2) is 17.9 Å². The van der Waals surface area contributed by atoms with Crippen LogP contribution in [0.5, 0.6) is 0 Å². The number of carbonyl (C=O) groups excluding carboxylic acids is 2. The summed E-state index contributed by atoms with van der Waals surface area (Å²) in [4.78, 5) is 25.6. The van der Waals surface area contributed by atoms with E-state index in [-0.39, 0.29) is 17.2 Å². The Morgan fingerprint density at radius 3 is 2.46 bits per heavy atom. The SMILES string of the molecule is O=C(Cc1ccc(NC(=O)C2(c3cccs3)CC2)cc1)NC1CC1. The summed E-state index contributed by atoms with van der Waals surface area (Å²) in [5, 5.41) is 8.03. The third kappa shape index (κ3) is 3.22. The van der Waals surface area contributed by atoms with Gasteiger partial charge in [0, 0.05) is 16.6 Å². The molecule has 0 unspecified atom stereocenters. The summed E-state index contributed by atoms with van der Waals surface area (Å²) in [7, 11) is 0. The number of benzene rings is 1. The van der Waals surface area contributed by atoms with Gasteiger partial charge in [-0.1, -0.05) is 18.2 Å². The van der Waals surface area contributed by atoms with Gasteiger partial charge in [0.05, 0.1) is 11.8 Å². The molecule has 0 spiro atoms. The maximum atomic E-state index is 12.6. The lowest BCUT2D eigenvalue weighted by molar-refractivity contribution is -0.120. The van der Waals surface area contributed by atoms with Gasteiger partial charge in [-0.05, 0) is 54.8 Å². The second kappa shape index (κ2) is 6.06. The first-order valence-electron chi connectivity index (χ1n) is 8.39. The lowest BCUT2D eigenvalue weighted by atomic mass is 10.0. The maximum absolute atomic E-state index is 12.6. The Kier molecular flexibility index (Phi) is 3.88. The van der Waals surface area contributed by atoms with Crippen molar-refractivity contribution in [1.29, 1.82) is 0 Å². The molecule has 2 aliphatic rings. The minimum Gasteiger partial charge on any atom is -0.353 e. The van der Waals surface area contributed by atoms with E-state index < -0.39 is 0 Å². The first-order chi connectivity index (χ1) is 11.7. The van der Waals surface area contributed by atoms with E-state index in [0.29, 0.717) is 12.5 Å². The highest BCUT2D eigenvalue weighted by molar-refractivity contribution is 7.10. The van der Waals surface area contributed by atoms with Crippen LogP contribution in [0, 0.1) is 0 Å². The van der Waals surface area contributed by atoms with Gasteiger partial charge in [-0.2, -0.15) is 0 Å².